The van der Waals surface area contributed by atoms with Crippen molar-refractivity contribution in [3.63, 3.8) is 0 Å². The second-order valence-corrected chi connectivity index (χ2v) is 7.10. The Morgan fingerprint density at radius 2 is 1.93 bits per heavy atom. The number of fused-ring (bicyclic) bond motifs is 1. The molecular formula is C23H27NO3. The van der Waals surface area contributed by atoms with Crippen LogP contribution in [0.15, 0.2) is 54.1 Å². The summed E-state index contributed by atoms with van der Waals surface area (Å²) >= 11 is 0. The molecule has 0 aliphatic heterocycles. The molecule has 2 aromatic rings. The first-order valence-corrected chi connectivity index (χ1v) is 9.75. The molecule has 0 aromatic heterocycles. The molecule has 4 nitrogen and oxygen atoms in total. The molecular weight excluding hydrogens is 338 g/mol. The molecule has 1 atom stereocenters. The summed E-state index contributed by atoms with van der Waals surface area (Å²) in [5.74, 6) is -0.623. The third-order valence-corrected chi connectivity index (χ3v) is 5.02. The molecule has 0 saturated carbocycles. The molecule has 1 aliphatic carbocycles. The normalized spacial score (nSPS) is 15.1. The number of esters is 1. The van der Waals surface area contributed by atoms with E-state index >= 15 is 0 Å². The van der Waals surface area contributed by atoms with Crippen molar-refractivity contribution in [3.8, 4) is 0 Å². The lowest BCUT2D eigenvalue weighted by Gasteiger charge is -2.16. The standard InChI is InChI=1S/C23H27NO3/c1-17(23(26)24-15-14-18-8-3-2-4-9-18)27-22(25)16-20-12-7-11-19-10-5-6-13-21(19)20/h5-8,10-13,17H,2-4,9,14-16H2,1H3,(H,24,26)/t17-/m1/s1. The van der Waals surface area contributed by atoms with Crippen molar-refractivity contribution in [2.24, 2.45) is 0 Å². The van der Waals surface area contributed by atoms with Crippen LogP contribution < -0.4 is 5.32 Å². The molecule has 0 saturated heterocycles. The van der Waals surface area contributed by atoms with Crippen molar-refractivity contribution < 1.29 is 14.3 Å². The maximum absolute atomic E-state index is 12.3. The number of rotatable bonds is 7. The fraction of sp³-hybridized carbons (Fsp3) is 0.391. The van der Waals surface area contributed by atoms with Crippen LogP contribution >= 0.6 is 0 Å². The second-order valence-electron chi connectivity index (χ2n) is 7.10. The van der Waals surface area contributed by atoms with Gasteiger partial charge in [0.2, 0.25) is 0 Å². The van der Waals surface area contributed by atoms with Gasteiger partial charge in [-0.15, -0.1) is 0 Å². The number of benzene rings is 2. The van der Waals surface area contributed by atoms with Gasteiger partial charge in [-0.3, -0.25) is 9.59 Å². The first-order valence-electron chi connectivity index (χ1n) is 9.75. The minimum atomic E-state index is -0.784. The van der Waals surface area contributed by atoms with E-state index in [4.69, 9.17) is 4.74 Å². The lowest BCUT2D eigenvalue weighted by Crippen LogP contribution is -2.36. The van der Waals surface area contributed by atoms with Crippen molar-refractivity contribution in [3.05, 3.63) is 59.7 Å². The van der Waals surface area contributed by atoms with Gasteiger partial charge in [0.15, 0.2) is 6.10 Å². The monoisotopic (exact) mass is 365 g/mol. The summed E-state index contributed by atoms with van der Waals surface area (Å²) in [6.07, 6.45) is 7.31. The molecule has 0 unspecified atom stereocenters. The average molecular weight is 365 g/mol. The highest BCUT2D eigenvalue weighted by atomic mass is 16.5. The molecule has 1 amide bonds. The van der Waals surface area contributed by atoms with Crippen LogP contribution in [0.25, 0.3) is 10.8 Å². The molecule has 27 heavy (non-hydrogen) atoms. The van der Waals surface area contributed by atoms with E-state index in [1.807, 2.05) is 42.5 Å². The quantitative estimate of drug-likeness (QED) is 0.587. The van der Waals surface area contributed by atoms with Gasteiger partial charge >= 0.3 is 5.97 Å². The van der Waals surface area contributed by atoms with Gasteiger partial charge in [-0.25, -0.2) is 0 Å². The van der Waals surface area contributed by atoms with Gasteiger partial charge in [0.1, 0.15) is 0 Å². The second kappa shape index (κ2) is 9.36. The van der Waals surface area contributed by atoms with Crippen molar-refractivity contribution in [2.45, 2.75) is 51.6 Å². The van der Waals surface area contributed by atoms with Gasteiger partial charge in [-0.1, -0.05) is 54.1 Å². The highest BCUT2D eigenvalue weighted by molar-refractivity contribution is 5.90. The Bertz CT molecular complexity index is 835. The van der Waals surface area contributed by atoms with Crippen LogP contribution in [-0.2, 0) is 20.7 Å². The first-order chi connectivity index (χ1) is 13.1. The molecule has 0 bridgehead atoms. The van der Waals surface area contributed by atoms with Crippen LogP contribution in [-0.4, -0.2) is 24.5 Å². The number of carbonyl (C=O) groups is 2. The lowest BCUT2D eigenvalue weighted by molar-refractivity contribution is -0.154. The minimum absolute atomic E-state index is 0.159. The number of ether oxygens (including phenoxy) is 1. The SMILES string of the molecule is C[C@@H](OC(=O)Cc1cccc2ccccc12)C(=O)NCCC1=CCCCC1. The van der Waals surface area contributed by atoms with Crippen LogP contribution in [0.3, 0.4) is 0 Å². The van der Waals surface area contributed by atoms with E-state index in [2.05, 4.69) is 11.4 Å². The molecule has 0 spiro atoms. The Morgan fingerprint density at radius 3 is 2.74 bits per heavy atom. The number of hydrogen-bond acceptors (Lipinski definition) is 3. The summed E-state index contributed by atoms with van der Waals surface area (Å²) in [6, 6.07) is 13.8. The Kier molecular flexibility index (Phi) is 6.64. The van der Waals surface area contributed by atoms with E-state index in [0.29, 0.717) is 6.54 Å². The molecule has 4 heteroatoms. The minimum Gasteiger partial charge on any atom is -0.452 e. The molecule has 0 radical (unpaired) electrons. The lowest BCUT2D eigenvalue weighted by atomic mass is 9.97. The topological polar surface area (TPSA) is 55.4 Å². The Balaban J connectivity index is 1.48. The van der Waals surface area contributed by atoms with Gasteiger partial charge in [0.05, 0.1) is 6.42 Å². The third kappa shape index (κ3) is 5.43. The summed E-state index contributed by atoms with van der Waals surface area (Å²) in [5.41, 5.74) is 2.33. The van der Waals surface area contributed by atoms with Gasteiger partial charge in [0.25, 0.3) is 5.91 Å². The summed E-state index contributed by atoms with van der Waals surface area (Å²) < 4.78 is 5.34. The maximum atomic E-state index is 12.3. The Morgan fingerprint density at radius 1 is 1.11 bits per heavy atom. The predicted octanol–water partition coefficient (Wildman–Crippen LogP) is 4.32. The number of nitrogens with one attached hydrogen (secondary N) is 1. The Labute approximate surface area is 160 Å². The molecule has 3 rings (SSSR count). The fourth-order valence-corrected chi connectivity index (χ4v) is 3.52. The molecule has 1 N–H and O–H groups in total. The Hall–Kier alpha value is -2.62. The molecule has 0 heterocycles. The van der Waals surface area contributed by atoms with Crippen LogP contribution in [0.5, 0.6) is 0 Å². The van der Waals surface area contributed by atoms with E-state index < -0.39 is 6.10 Å². The molecule has 0 fully saturated rings. The van der Waals surface area contributed by atoms with Crippen LogP contribution in [0.4, 0.5) is 0 Å². The third-order valence-electron chi connectivity index (χ3n) is 5.02. The molecule has 2 aromatic carbocycles. The fourth-order valence-electron chi connectivity index (χ4n) is 3.52. The zero-order valence-corrected chi connectivity index (χ0v) is 15.9. The van der Waals surface area contributed by atoms with E-state index in [0.717, 1.165) is 35.6 Å². The van der Waals surface area contributed by atoms with Gasteiger partial charge in [-0.2, -0.15) is 0 Å². The summed E-state index contributed by atoms with van der Waals surface area (Å²) in [4.78, 5) is 24.5. The van der Waals surface area contributed by atoms with E-state index in [1.54, 1.807) is 6.92 Å². The van der Waals surface area contributed by atoms with Crippen molar-refractivity contribution in [2.75, 3.05) is 6.54 Å². The zero-order valence-electron chi connectivity index (χ0n) is 15.9. The van der Waals surface area contributed by atoms with Crippen LogP contribution in [0, 0.1) is 0 Å². The van der Waals surface area contributed by atoms with Gasteiger partial charge in [0, 0.05) is 6.54 Å². The van der Waals surface area contributed by atoms with E-state index in [9.17, 15) is 9.59 Å². The molecule has 1 aliphatic rings. The zero-order chi connectivity index (χ0) is 19.1. The summed E-state index contributed by atoms with van der Waals surface area (Å²) in [5, 5.41) is 5.00. The highest BCUT2D eigenvalue weighted by Gasteiger charge is 2.18. The highest BCUT2D eigenvalue weighted by Crippen LogP contribution is 2.20. The van der Waals surface area contributed by atoms with Crippen molar-refractivity contribution >= 4 is 22.6 Å². The number of carbonyl (C=O) groups excluding carboxylic acids is 2. The van der Waals surface area contributed by atoms with Gasteiger partial charge in [-0.05, 0) is 55.4 Å². The van der Waals surface area contributed by atoms with Crippen molar-refractivity contribution in [1.29, 1.82) is 0 Å². The maximum Gasteiger partial charge on any atom is 0.311 e. The first kappa shape index (κ1) is 19.2. The van der Waals surface area contributed by atoms with Crippen LogP contribution in [0.2, 0.25) is 0 Å². The largest absolute Gasteiger partial charge is 0.452 e. The van der Waals surface area contributed by atoms with Gasteiger partial charge < -0.3 is 10.1 Å². The predicted molar refractivity (Wildman–Crippen MR) is 107 cm³/mol. The van der Waals surface area contributed by atoms with Crippen molar-refractivity contribution in [1.82, 2.24) is 5.32 Å². The summed E-state index contributed by atoms with van der Waals surface area (Å²) in [7, 11) is 0. The van der Waals surface area contributed by atoms with E-state index in [1.165, 1.54) is 18.4 Å². The van der Waals surface area contributed by atoms with Crippen LogP contribution in [0.1, 0.15) is 44.6 Å². The molecule has 142 valence electrons. The number of hydrogen-bond donors (Lipinski definition) is 1. The number of allylic oxidation sites excluding steroid dienone is 1. The van der Waals surface area contributed by atoms with E-state index in [-0.39, 0.29) is 18.3 Å². The average Bonchev–Trinajstić information content (AvgIpc) is 2.69. The number of amides is 1. The smallest absolute Gasteiger partial charge is 0.311 e. The summed E-state index contributed by atoms with van der Waals surface area (Å²) in [6.45, 7) is 2.21.